The molecular weight excluding hydrogens is 473 g/mol. The molecule has 10 heteroatoms. The average molecular weight is 496 g/mol. The Morgan fingerprint density at radius 1 is 1.20 bits per heavy atom. The lowest BCUT2D eigenvalue weighted by Gasteiger charge is -2.13. The van der Waals surface area contributed by atoms with E-state index in [4.69, 9.17) is 21.1 Å². The molecule has 2 aromatic carbocycles. The number of anilines is 2. The number of fused-ring (bicyclic) bond motifs is 1. The third-order valence-electron chi connectivity index (χ3n) is 5.60. The minimum absolute atomic E-state index is 0.0620. The lowest BCUT2D eigenvalue weighted by Crippen LogP contribution is -2.26. The van der Waals surface area contributed by atoms with E-state index < -0.39 is 11.7 Å². The van der Waals surface area contributed by atoms with Crippen LogP contribution in [0.1, 0.15) is 23.2 Å². The lowest BCUT2D eigenvalue weighted by molar-refractivity contribution is 0.0946. The monoisotopic (exact) mass is 495 g/mol. The normalized spacial score (nSPS) is 13.1. The lowest BCUT2D eigenvalue weighted by atomic mass is 10.2. The van der Waals surface area contributed by atoms with Crippen molar-refractivity contribution in [3.8, 4) is 11.5 Å². The van der Waals surface area contributed by atoms with Crippen LogP contribution in [0.2, 0.25) is 5.02 Å². The van der Waals surface area contributed by atoms with Crippen LogP contribution in [-0.4, -0.2) is 40.2 Å². The summed E-state index contributed by atoms with van der Waals surface area (Å²) >= 11 is 6.48. The first-order chi connectivity index (χ1) is 17.0. The second kappa shape index (κ2) is 9.89. The minimum atomic E-state index is -0.604. The molecule has 5 rings (SSSR count). The molecule has 180 valence electrons. The molecule has 8 nitrogen and oxygen atoms in total. The van der Waals surface area contributed by atoms with Crippen LogP contribution in [0.4, 0.5) is 15.9 Å². The van der Waals surface area contributed by atoms with Gasteiger partial charge in [0.25, 0.3) is 5.91 Å². The molecule has 1 saturated carbocycles. The molecule has 1 aliphatic rings. The molecule has 1 amide bonds. The number of nitrogens with zero attached hydrogens (tertiary/aromatic N) is 3. The first-order valence-electron chi connectivity index (χ1n) is 11.2. The zero-order valence-corrected chi connectivity index (χ0v) is 19.7. The maximum Gasteiger partial charge on any atom is 0.254 e. The Morgan fingerprint density at radius 2 is 2.06 bits per heavy atom. The van der Waals surface area contributed by atoms with Gasteiger partial charge in [0.1, 0.15) is 29.2 Å². The molecule has 1 aliphatic carbocycles. The van der Waals surface area contributed by atoms with Gasteiger partial charge in [0.05, 0.1) is 22.7 Å². The van der Waals surface area contributed by atoms with Crippen LogP contribution in [0, 0.1) is 5.82 Å². The minimum Gasteiger partial charge on any atom is -0.456 e. The van der Waals surface area contributed by atoms with Gasteiger partial charge in [-0.05, 0) is 55.3 Å². The molecule has 0 spiro atoms. The van der Waals surface area contributed by atoms with E-state index in [0.29, 0.717) is 41.2 Å². The highest BCUT2D eigenvalue weighted by atomic mass is 35.5. The number of amides is 1. The van der Waals surface area contributed by atoms with E-state index in [1.807, 2.05) is 16.8 Å². The van der Waals surface area contributed by atoms with Crippen molar-refractivity contribution in [1.29, 1.82) is 0 Å². The highest BCUT2D eigenvalue weighted by Crippen LogP contribution is 2.34. The maximum atomic E-state index is 14.2. The van der Waals surface area contributed by atoms with E-state index in [1.54, 1.807) is 25.3 Å². The predicted molar refractivity (Wildman–Crippen MR) is 131 cm³/mol. The standard InChI is InChI=1S/C25H23ClFN5O3/c1-34-11-10-32-9-8-21-23(32)24(29-14-28-21)30-16-4-7-22(19(26)12-16)35-17-5-6-20(27)18(13-17)25(33)31-15-2-3-15/h4-9,12-15H,2-3,10-11H2,1H3,(H,31,33)(H,28,29,30). The number of aromatic nitrogens is 3. The van der Waals surface area contributed by atoms with Crippen molar-refractivity contribution >= 4 is 40.0 Å². The smallest absolute Gasteiger partial charge is 0.254 e. The van der Waals surface area contributed by atoms with Crippen LogP contribution in [-0.2, 0) is 11.3 Å². The Hall–Kier alpha value is -3.69. The van der Waals surface area contributed by atoms with Crippen molar-refractivity contribution in [3.05, 3.63) is 71.4 Å². The summed E-state index contributed by atoms with van der Waals surface area (Å²) in [5.41, 5.74) is 2.30. The van der Waals surface area contributed by atoms with Crippen LogP contribution in [0.25, 0.3) is 11.0 Å². The van der Waals surface area contributed by atoms with Crippen LogP contribution in [0.5, 0.6) is 11.5 Å². The number of rotatable bonds is 9. The predicted octanol–water partition coefficient (Wildman–Crippen LogP) is 5.30. The fourth-order valence-electron chi connectivity index (χ4n) is 3.66. The Labute approximate surface area is 206 Å². The summed E-state index contributed by atoms with van der Waals surface area (Å²) < 4.78 is 27.2. The van der Waals surface area contributed by atoms with Crippen molar-refractivity contribution < 1.29 is 18.7 Å². The molecule has 0 atom stereocenters. The topological polar surface area (TPSA) is 90.3 Å². The summed E-state index contributed by atoms with van der Waals surface area (Å²) in [6.07, 6.45) is 5.27. The molecular formula is C25H23ClFN5O3. The van der Waals surface area contributed by atoms with E-state index in [-0.39, 0.29) is 11.6 Å². The van der Waals surface area contributed by atoms with Crippen molar-refractivity contribution in [1.82, 2.24) is 19.9 Å². The van der Waals surface area contributed by atoms with Gasteiger partial charge >= 0.3 is 0 Å². The third-order valence-corrected chi connectivity index (χ3v) is 5.90. The molecule has 0 bridgehead atoms. The van der Waals surface area contributed by atoms with E-state index >= 15 is 0 Å². The Bertz CT molecular complexity index is 1390. The second-order valence-corrected chi connectivity index (χ2v) is 8.63. The largest absolute Gasteiger partial charge is 0.456 e. The molecule has 4 aromatic rings. The van der Waals surface area contributed by atoms with Crippen LogP contribution in [0.3, 0.4) is 0 Å². The van der Waals surface area contributed by atoms with Crippen molar-refractivity contribution in [2.75, 3.05) is 19.0 Å². The fourth-order valence-corrected chi connectivity index (χ4v) is 3.88. The summed E-state index contributed by atoms with van der Waals surface area (Å²) in [4.78, 5) is 21.0. The van der Waals surface area contributed by atoms with Gasteiger partial charge in [-0.2, -0.15) is 0 Å². The van der Waals surface area contributed by atoms with Gasteiger partial charge in [0.15, 0.2) is 5.82 Å². The van der Waals surface area contributed by atoms with Crippen LogP contribution < -0.4 is 15.4 Å². The quantitative estimate of drug-likeness (QED) is 0.327. The summed E-state index contributed by atoms with van der Waals surface area (Å²) in [5, 5.41) is 6.40. The SMILES string of the molecule is COCCn1ccc2ncnc(Nc3ccc(Oc4ccc(F)c(C(=O)NC5CC5)c4)c(Cl)c3)c21. The molecule has 0 unspecified atom stereocenters. The fraction of sp³-hybridized carbons (Fsp3) is 0.240. The Kier molecular flexibility index (Phi) is 6.52. The summed E-state index contributed by atoms with van der Waals surface area (Å²) in [6.45, 7) is 1.22. The van der Waals surface area contributed by atoms with Gasteiger partial charge in [-0.25, -0.2) is 14.4 Å². The zero-order valence-electron chi connectivity index (χ0n) is 18.9. The van der Waals surface area contributed by atoms with Gasteiger partial charge in [-0.15, -0.1) is 0 Å². The number of ether oxygens (including phenoxy) is 2. The number of methoxy groups -OCH3 is 1. The highest BCUT2D eigenvalue weighted by Gasteiger charge is 2.25. The van der Waals surface area contributed by atoms with Gasteiger partial charge in [-0.3, -0.25) is 4.79 Å². The van der Waals surface area contributed by atoms with Gasteiger partial charge in [0.2, 0.25) is 0 Å². The zero-order chi connectivity index (χ0) is 24.4. The van der Waals surface area contributed by atoms with Crippen LogP contribution in [0.15, 0.2) is 55.0 Å². The van der Waals surface area contributed by atoms with E-state index in [1.165, 1.54) is 24.5 Å². The van der Waals surface area contributed by atoms with E-state index in [9.17, 15) is 9.18 Å². The Morgan fingerprint density at radius 3 is 2.83 bits per heavy atom. The number of halogens is 2. The molecule has 0 aliphatic heterocycles. The van der Waals surface area contributed by atoms with E-state index in [0.717, 1.165) is 23.9 Å². The molecule has 2 heterocycles. The van der Waals surface area contributed by atoms with E-state index in [2.05, 4.69) is 20.6 Å². The van der Waals surface area contributed by atoms with Crippen molar-refractivity contribution in [2.24, 2.45) is 0 Å². The third kappa shape index (κ3) is 5.21. The molecule has 2 N–H and O–H groups in total. The molecule has 0 saturated heterocycles. The summed E-state index contributed by atoms with van der Waals surface area (Å²) in [6, 6.07) is 11.3. The number of hydrogen-bond acceptors (Lipinski definition) is 6. The molecule has 2 aromatic heterocycles. The number of carbonyl (C=O) groups excluding carboxylic acids is 1. The summed E-state index contributed by atoms with van der Waals surface area (Å²) in [5.74, 6) is 0.253. The van der Waals surface area contributed by atoms with Gasteiger partial charge < -0.3 is 24.7 Å². The molecule has 0 radical (unpaired) electrons. The van der Waals surface area contributed by atoms with Crippen molar-refractivity contribution in [3.63, 3.8) is 0 Å². The first kappa shape index (κ1) is 23.1. The molecule has 35 heavy (non-hydrogen) atoms. The maximum absolute atomic E-state index is 14.2. The van der Waals surface area contributed by atoms with Gasteiger partial charge in [0, 0.05) is 31.6 Å². The molecule has 1 fully saturated rings. The Balaban J connectivity index is 1.34. The first-order valence-corrected chi connectivity index (χ1v) is 11.5. The number of carbonyl (C=O) groups is 1. The number of hydrogen-bond donors (Lipinski definition) is 2. The van der Waals surface area contributed by atoms with Crippen LogP contribution >= 0.6 is 11.6 Å². The van der Waals surface area contributed by atoms with Crippen molar-refractivity contribution in [2.45, 2.75) is 25.4 Å². The number of benzene rings is 2. The average Bonchev–Trinajstić information content (AvgIpc) is 3.56. The highest BCUT2D eigenvalue weighted by molar-refractivity contribution is 6.32. The number of nitrogens with one attached hydrogen (secondary N) is 2. The summed E-state index contributed by atoms with van der Waals surface area (Å²) in [7, 11) is 1.66. The second-order valence-electron chi connectivity index (χ2n) is 8.22. The van der Waals surface area contributed by atoms with Gasteiger partial charge in [-0.1, -0.05) is 11.6 Å².